The van der Waals surface area contributed by atoms with Gasteiger partial charge in [0, 0.05) is 28.6 Å². The van der Waals surface area contributed by atoms with Crippen LogP contribution in [0.15, 0.2) is 27.6 Å². The van der Waals surface area contributed by atoms with Crippen LogP contribution in [0.5, 0.6) is 0 Å². The van der Waals surface area contributed by atoms with Crippen molar-refractivity contribution < 1.29 is 18.3 Å². The molecule has 1 unspecified atom stereocenters. The number of hydrogen-bond acceptors (Lipinski definition) is 4. The summed E-state index contributed by atoms with van der Waals surface area (Å²) in [7, 11) is -3.60. The van der Waals surface area contributed by atoms with Crippen LogP contribution in [0.4, 0.5) is 0 Å². The Kier molecular flexibility index (Phi) is 5.34. The zero-order valence-corrected chi connectivity index (χ0v) is 14.7. The van der Waals surface area contributed by atoms with Gasteiger partial charge in [0.25, 0.3) is 0 Å². The monoisotopic (exact) mass is 393 g/mol. The highest BCUT2D eigenvalue weighted by Gasteiger charge is 2.31. The Morgan fingerprint density at radius 1 is 1.52 bits per heavy atom. The van der Waals surface area contributed by atoms with Gasteiger partial charge in [0.2, 0.25) is 10.0 Å². The molecule has 5 nitrogen and oxygen atoms in total. The van der Waals surface area contributed by atoms with Crippen molar-refractivity contribution in [3.8, 4) is 0 Å². The third-order valence-electron chi connectivity index (χ3n) is 3.35. The smallest absolute Gasteiger partial charge is 0.335 e. The largest absolute Gasteiger partial charge is 0.478 e. The number of carboxylic acid groups (broad SMARTS) is 1. The van der Waals surface area contributed by atoms with Gasteiger partial charge >= 0.3 is 5.97 Å². The summed E-state index contributed by atoms with van der Waals surface area (Å²) in [6.45, 7) is 3.03. The molecule has 0 aliphatic carbocycles. The summed E-state index contributed by atoms with van der Waals surface area (Å²) in [6.07, 6.45) is 0.926. The Hall–Kier alpha value is -0.570. The standard InChI is InChI=1S/C13H16BrNO4S2/c1-2-10-8-15(5-6-20-10)21(18,19)12-4-3-9(13(16)17)7-11(12)14/h3-4,7,10H,2,5-6,8H2,1H3,(H,16,17). The molecule has 1 fully saturated rings. The second-order valence-electron chi connectivity index (χ2n) is 4.71. The molecule has 1 atom stereocenters. The number of rotatable bonds is 4. The van der Waals surface area contributed by atoms with Crippen LogP contribution in [0, 0.1) is 0 Å². The fourth-order valence-electron chi connectivity index (χ4n) is 2.14. The molecule has 2 rings (SSSR count). The summed E-state index contributed by atoms with van der Waals surface area (Å²) < 4.78 is 27.2. The van der Waals surface area contributed by atoms with E-state index < -0.39 is 16.0 Å². The van der Waals surface area contributed by atoms with Gasteiger partial charge in [-0.25, -0.2) is 13.2 Å². The molecule has 8 heteroatoms. The highest BCUT2D eigenvalue weighted by atomic mass is 79.9. The molecular weight excluding hydrogens is 378 g/mol. The summed E-state index contributed by atoms with van der Waals surface area (Å²) in [5.74, 6) is -0.303. The highest BCUT2D eigenvalue weighted by molar-refractivity contribution is 9.10. The maximum absolute atomic E-state index is 12.7. The third kappa shape index (κ3) is 3.61. The van der Waals surface area contributed by atoms with Crippen molar-refractivity contribution >= 4 is 43.7 Å². The molecule has 1 N–H and O–H groups in total. The minimum atomic E-state index is -3.60. The van der Waals surface area contributed by atoms with Crippen LogP contribution in [0.25, 0.3) is 0 Å². The van der Waals surface area contributed by atoms with Gasteiger partial charge in [-0.15, -0.1) is 0 Å². The molecule has 0 spiro atoms. The van der Waals surface area contributed by atoms with Crippen LogP contribution in [-0.4, -0.2) is 47.9 Å². The average molecular weight is 394 g/mol. The summed E-state index contributed by atoms with van der Waals surface area (Å²) in [6, 6.07) is 3.99. The van der Waals surface area contributed by atoms with Gasteiger partial charge in [-0.3, -0.25) is 0 Å². The number of hydrogen-bond donors (Lipinski definition) is 1. The predicted octanol–water partition coefficient (Wildman–Crippen LogP) is 2.66. The van der Waals surface area contributed by atoms with E-state index in [1.807, 2.05) is 6.92 Å². The number of thioether (sulfide) groups is 1. The summed E-state index contributed by atoms with van der Waals surface area (Å²) in [5.41, 5.74) is 0.0569. The number of sulfonamides is 1. The van der Waals surface area contributed by atoms with Crippen molar-refractivity contribution in [3.05, 3.63) is 28.2 Å². The van der Waals surface area contributed by atoms with Crippen molar-refractivity contribution in [1.29, 1.82) is 0 Å². The molecule has 116 valence electrons. The van der Waals surface area contributed by atoms with E-state index in [9.17, 15) is 13.2 Å². The summed E-state index contributed by atoms with van der Waals surface area (Å²) in [4.78, 5) is 11.0. The number of carboxylic acids is 1. The first-order valence-electron chi connectivity index (χ1n) is 6.51. The first-order chi connectivity index (χ1) is 9.86. The van der Waals surface area contributed by atoms with Crippen molar-refractivity contribution in [3.63, 3.8) is 0 Å². The SMILES string of the molecule is CCC1CN(S(=O)(=O)c2ccc(C(=O)O)cc2Br)CCS1. The molecule has 1 aliphatic heterocycles. The number of carbonyl (C=O) groups is 1. The predicted molar refractivity (Wildman–Crippen MR) is 86.4 cm³/mol. The molecule has 1 aliphatic rings. The molecular formula is C13H16BrNO4S2. The Morgan fingerprint density at radius 2 is 2.24 bits per heavy atom. The molecule has 1 aromatic carbocycles. The van der Waals surface area contributed by atoms with E-state index in [1.165, 1.54) is 22.5 Å². The number of nitrogens with zero attached hydrogens (tertiary/aromatic N) is 1. The van der Waals surface area contributed by atoms with Crippen molar-refractivity contribution in [2.75, 3.05) is 18.8 Å². The van der Waals surface area contributed by atoms with Gasteiger partial charge in [0.15, 0.2) is 0 Å². The highest BCUT2D eigenvalue weighted by Crippen LogP contribution is 2.30. The van der Waals surface area contributed by atoms with Crippen LogP contribution < -0.4 is 0 Å². The van der Waals surface area contributed by atoms with Crippen LogP contribution in [0.1, 0.15) is 23.7 Å². The summed E-state index contributed by atoms with van der Waals surface area (Å²) in [5, 5.41) is 9.25. The molecule has 1 saturated heterocycles. The fourth-order valence-corrected chi connectivity index (χ4v) is 6.05. The van der Waals surface area contributed by atoms with Gasteiger partial charge in [-0.05, 0) is 40.5 Å². The Morgan fingerprint density at radius 3 is 2.81 bits per heavy atom. The van der Waals surface area contributed by atoms with Crippen LogP contribution in [0.2, 0.25) is 0 Å². The molecule has 0 aromatic heterocycles. The van der Waals surface area contributed by atoms with Gasteiger partial charge in [0.05, 0.1) is 10.5 Å². The zero-order valence-electron chi connectivity index (χ0n) is 11.5. The Balaban J connectivity index is 2.33. The molecule has 0 bridgehead atoms. The first kappa shape index (κ1) is 16.8. The minimum absolute atomic E-state index is 0.0569. The molecule has 0 saturated carbocycles. The Labute approximate surface area is 136 Å². The maximum atomic E-state index is 12.7. The zero-order chi connectivity index (χ0) is 15.6. The molecule has 0 radical (unpaired) electrons. The van der Waals surface area contributed by atoms with Crippen LogP contribution in [-0.2, 0) is 10.0 Å². The van der Waals surface area contributed by atoms with E-state index in [1.54, 1.807) is 11.8 Å². The molecule has 21 heavy (non-hydrogen) atoms. The topological polar surface area (TPSA) is 74.7 Å². The molecule has 0 amide bonds. The molecule has 1 aromatic rings. The van der Waals surface area contributed by atoms with Gasteiger partial charge < -0.3 is 5.11 Å². The lowest BCUT2D eigenvalue weighted by molar-refractivity contribution is 0.0696. The normalized spacial score (nSPS) is 20.4. The first-order valence-corrected chi connectivity index (χ1v) is 9.79. The van der Waals surface area contributed by atoms with Gasteiger partial charge in [-0.1, -0.05) is 6.92 Å². The van der Waals surface area contributed by atoms with E-state index in [-0.39, 0.29) is 14.9 Å². The summed E-state index contributed by atoms with van der Waals surface area (Å²) >= 11 is 4.97. The lowest BCUT2D eigenvalue weighted by atomic mass is 10.2. The third-order valence-corrected chi connectivity index (χ3v) is 7.57. The Bertz CT molecular complexity index is 648. The van der Waals surface area contributed by atoms with Gasteiger partial charge in [0.1, 0.15) is 0 Å². The average Bonchev–Trinajstić information content (AvgIpc) is 2.46. The van der Waals surface area contributed by atoms with E-state index in [4.69, 9.17) is 5.11 Å². The number of aromatic carboxylic acids is 1. The quantitative estimate of drug-likeness (QED) is 0.850. The maximum Gasteiger partial charge on any atom is 0.335 e. The van der Waals surface area contributed by atoms with E-state index in [0.717, 1.165) is 12.2 Å². The minimum Gasteiger partial charge on any atom is -0.478 e. The fraction of sp³-hybridized carbons (Fsp3) is 0.462. The second kappa shape index (κ2) is 6.68. The lowest BCUT2D eigenvalue weighted by Crippen LogP contribution is -2.41. The van der Waals surface area contributed by atoms with E-state index >= 15 is 0 Å². The second-order valence-corrected chi connectivity index (χ2v) is 8.88. The number of halogens is 1. The van der Waals surface area contributed by atoms with Crippen molar-refractivity contribution in [2.45, 2.75) is 23.5 Å². The van der Waals surface area contributed by atoms with Crippen molar-refractivity contribution in [1.82, 2.24) is 4.31 Å². The van der Waals surface area contributed by atoms with Crippen molar-refractivity contribution in [2.24, 2.45) is 0 Å². The van der Waals surface area contributed by atoms with E-state index in [2.05, 4.69) is 15.9 Å². The lowest BCUT2D eigenvalue weighted by Gasteiger charge is -2.31. The van der Waals surface area contributed by atoms with Crippen LogP contribution in [0.3, 0.4) is 0 Å². The number of benzene rings is 1. The molecule has 1 heterocycles. The van der Waals surface area contributed by atoms with Gasteiger partial charge in [-0.2, -0.15) is 16.1 Å². The van der Waals surface area contributed by atoms with E-state index in [0.29, 0.717) is 18.3 Å². The van der Waals surface area contributed by atoms with Crippen LogP contribution >= 0.6 is 27.7 Å².